The molecule has 2 rings (SSSR count). The minimum absolute atomic E-state index is 0.358. The lowest BCUT2D eigenvalue weighted by atomic mass is 10.1. The lowest BCUT2D eigenvalue weighted by molar-refractivity contribution is 0.271. The molecular formula is C16H19N3S. The molecular weight excluding hydrogens is 266 g/mol. The van der Waals surface area contributed by atoms with Gasteiger partial charge in [0, 0.05) is 19.3 Å². The summed E-state index contributed by atoms with van der Waals surface area (Å²) in [5.74, 6) is 0. The number of hydrogen-bond donors (Lipinski definition) is 1. The molecule has 0 radical (unpaired) electrons. The Hall–Kier alpha value is -1.78. The van der Waals surface area contributed by atoms with Gasteiger partial charge in [0.25, 0.3) is 0 Å². The van der Waals surface area contributed by atoms with Crippen LogP contribution in [0.25, 0.3) is 0 Å². The van der Waals surface area contributed by atoms with Gasteiger partial charge in [0.2, 0.25) is 0 Å². The van der Waals surface area contributed by atoms with Gasteiger partial charge in [0.05, 0.1) is 0 Å². The number of aromatic nitrogens is 1. The summed E-state index contributed by atoms with van der Waals surface area (Å²) >= 11 is 5.07. The molecule has 0 amide bonds. The van der Waals surface area contributed by atoms with E-state index in [1.54, 1.807) is 6.20 Å². The van der Waals surface area contributed by atoms with Crippen molar-refractivity contribution < 1.29 is 0 Å². The molecule has 0 saturated heterocycles. The van der Waals surface area contributed by atoms with Crippen molar-refractivity contribution in [2.24, 2.45) is 5.73 Å². The third-order valence-corrected chi connectivity index (χ3v) is 3.41. The molecule has 0 atom stereocenters. The molecule has 0 fully saturated rings. The second-order valence-electron chi connectivity index (χ2n) is 4.66. The van der Waals surface area contributed by atoms with Crippen LogP contribution in [-0.2, 0) is 13.1 Å². The molecule has 1 aromatic carbocycles. The average molecular weight is 285 g/mol. The minimum atomic E-state index is 0.358. The summed E-state index contributed by atoms with van der Waals surface area (Å²) in [7, 11) is 0. The lowest BCUT2D eigenvalue weighted by Crippen LogP contribution is -2.25. The largest absolute Gasteiger partial charge is 0.388 e. The van der Waals surface area contributed by atoms with Crippen LogP contribution >= 0.6 is 12.2 Å². The van der Waals surface area contributed by atoms with Crippen LogP contribution in [0, 0.1) is 0 Å². The quantitative estimate of drug-likeness (QED) is 0.829. The second-order valence-corrected chi connectivity index (χ2v) is 5.10. The zero-order valence-electron chi connectivity index (χ0n) is 11.6. The number of thiocarbonyl (C=S) groups is 1. The molecule has 0 bridgehead atoms. The molecule has 4 heteroatoms. The average Bonchev–Trinajstić information content (AvgIpc) is 2.48. The molecule has 1 heterocycles. The van der Waals surface area contributed by atoms with E-state index in [0.29, 0.717) is 4.99 Å². The molecule has 0 aliphatic rings. The maximum atomic E-state index is 5.73. The Balaban J connectivity index is 2.13. The Morgan fingerprint density at radius 3 is 2.55 bits per heavy atom. The smallest absolute Gasteiger partial charge is 0.123 e. The zero-order chi connectivity index (χ0) is 14.4. The summed E-state index contributed by atoms with van der Waals surface area (Å²) in [6, 6.07) is 14.4. The molecule has 0 aliphatic heterocycles. The van der Waals surface area contributed by atoms with Gasteiger partial charge >= 0.3 is 0 Å². The van der Waals surface area contributed by atoms with Crippen LogP contribution in [0.3, 0.4) is 0 Å². The first-order valence-electron chi connectivity index (χ1n) is 6.70. The summed E-state index contributed by atoms with van der Waals surface area (Å²) in [6.07, 6.45) is 1.73. The fourth-order valence-electron chi connectivity index (χ4n) is 2.15. The maximum Gasteiger partial charge on any atom is 0.123 e. The third-order valence-electron chi connectivity index (χ3n) is 3.21. The number of benzene rings is 1. The second kappa shape index (κ2) is 7.12. The lowest BCUT2D eigenvalue weighted by Gasteiger charge is -2.21. The van der Waals surface area contributed by atoms with E-state index < -0.39 is 0 Å². The summed E-state index contributed by atoms with van der Waals surface area (Å²) < 4.78 is 0. The van der Waals surface area contributed by atoms with Crippen molar-refractivity contribution in [1.82, 2.24) is 9.88 Å². The molecule has 104 valence electrons. The molecule has 3 nitrogen and oxygen atoms in total. The Kier molecular flexibility index (Phi) is 5.21. The standard InChI is InChI=1S/C16H19N3S/c1-2-19(11-13-7-4-3-5-8-13)12-14-9-6-10-18-15(14)16(17)20/h3-10H,2,11-12H2,1H3,(H2,17,20). The molecule has 0 unspecified atom stereocenters. The highest BCUT2D eigenvalue weighted by Gasteiger charge is 2.10. The molecule has 0 aliphatic carbocycles. The van der Waals surface area contributed by atoms with Gasteiger partial charge in [-0.1, -0.05) is 55.5 Å². The number of nitrogens with zero attached hydrogens (tertiary/aromatic N) is 2. The molecule has 2 N–H and O–H groups in total. The van der Waals surface area contributed by atoms with Crippen LogP contribution < -0.4 is 5.73 Å². The van der Waals surface area contributed by atoms with Crippen LogP contribution in [0.1, 0.15) is 23.7 Å². The van der Waals surface area contributed by atoms with Crippen LogP contribution in [0.4, 0.5) is 0 Å². The minimum Gasteiger partial charge on any atom is -0.388 e. The highest BCUT2D eigenvalue weighted by Crippen LogP contribution is 2.12. The van der Waals surface area contributed by atoms with Crippen LogP contribution in [0.5, 0.6) is 0 Å². The van der Waals surface area contributed by atoms with Crippen molar-refractivity contribution in [2.45, 2.75) is 20.0 Å². The van der Waals surface area contributed by atoms with Gasteiger partial charge in [-0.3, -0.25) is 9.88 Å². The fraction of sp³-hybridized carbons (Fsp3) is 0.250. The van der Waals surface area contributed by atoms with Crippen LogP contribution in [0.15, 0.2) is 48.7 Å². The predicted molar refractivity (Wildman–Crippen MR) is 86.4 cm³/mol. The molecule has 2 aromatic rings. The highest BCUT2D eigenvalue weighted by atomic mass is 32.1. The van der Waals surface area contributed by atoms with E-state index >= 15 is 0 Å². The van der Waals surface area contributed by atoms with Crippen molar-refractivity contribution >= 4 is 17.2 Å². The maximum absolute atomic E-state index is 5.73. The summed E-state index contributed by atoms with van der Waals surface area (Å²) in [5, 5.41) is 0. The topological polar surface area (TPSA) is 42.2 Å². The monoisotopic (exact) mass is 285 g/mol. The fourth-order valence-corrected chi connectivity index (χ4v) is 2.33. The van der Waals surface area contributed by atoms with Gasteiger partial charge in [0.1, 0.15) is 10.7 Å². The Labute approximate surface area is 125 Å². The summed E-state index contributed by atoms with van der Waals surface area (Å²) in [6.45, 7) is 4.81. The Morgan fingerprint density at radius 1 is 1.15 bits per heavy atom. The van der Waals surface area contributed by atoms with E-state index in [1.165, 1.54) is 5.56 Å². The van der Waals surface area contributed by atoms with E-state index in [1.807, 2.05) is 18.2 Å². The van der Waals surface area contributed by atoms with E-state index in [4.69, 9.17) is 18.0 Å². The van der Waals surface area contributed by atoms with Crippen molar-refractivity contribution in [1.29, 1.82) is 0 Å². The number of rotatable bonds is 6. The van der Waals surface area contributed by atoms with Crippen molar-refractivity contribution in [3.8, 4) is 0 Å². The van der Waals surface area contributed by atoms with Crippen molar-refractivity contribution in [2.75, 3.05) is 6.54 Å². The molecule has 20 heavy (non-hydrogen) atoms. The van der Waals surface area contributed by atoms with Gasteiger partial charge < -0.3 is 5.73 Å². The van der Waals surface area contributed by atoms with Crippen LogP contribution in [0.2, 0.25) is 0 Å². The summed E-state index contributed by atoms with van der Waals surface area (Å²) in [4.78, 5) is 6.98. The number of nitrogens with two attached hydrogens (primary N) is 1. The van der Waals surface area contributed by atoms with E-state index in [-0.39, 0.29) is 0 Å². The zero-order valence-corrected chi connectivity index (χ0v) is 12.4. The van der Waals surface area contributed by atoms with Crippen LogP contribution in [-0.4, -0.2) is 21.4 Å². The predicted octanol–water partition coefficient (Wildman–Crippen LogP) is 2.74. The molecule has 0 saturated carbocycles. The SMILES string of the molecule is CCN(Cc1ccccc1)Cc1cccnc1C(N)=S. The number of hydrogen-bond acceptors (Lipinski definition) is 3. The van der Waals surface area contributed by atoms with Gasteiger partial charge in [0.15, 0.2) is 0 Å². The van der Waals surface area contributed by atoms with E-state index in [0.717, 1.165) is 30.9 Å². The third kappa shape index (κ3) is 3.85. The van der Waals surface area contributed by atoms with E-state index in [2.05, 4.69) is 41.1 Å². The first-order chi connectivity index (χ1) is 9.70. The van der Waals surface area contributed by atoms with Gasteiger partial charge in [-0.15, -0.1) is 0 Å². The summed E-state index contributed by atoms with van der Waals surface area (Å²) in [5.41, 5.74) is 8.85. The van der Waals surface area contributed by atoms with Crippen molar-refractivity contribution in [3.63, 3.8) is 0 Å². The Morgan fingerprint density at radius 2 is 1.90 bits per heavy atom. The van der Waals surface area contributed by atoms with E-state index in [9.17, 15) is 0 Å². The normalized spacial score (nSPS) is 10.7. The highest BCUT2D eigenvalue weighted by molar-refractivity contribution is 7.80. The molecule has 1 aromatic heterocycles. The first kappa shape index (κ1) is 14.6. The van der Waals surface area contributed by atoms with Gasteiger partial charge in [-0.05, 0) is 23.7 Å². The van der Waals surface area contributed by atoms with Gasteiger partial charge in [-0.25, -0.2) is 0 Å². The molecule has 0 spiro atoms. The first-order valence-corrected chi connectivity index (χ1v) is 7.11. The van der Waals surface area contributed by atoms with Gasteiger partial charge in [-0.2, -0.15) is 0 Å². The Bertz CT molecular complexity index is 569. The number of pyridine rings is 1. The van der Waals surface area contributed by atoms with Crippen molar-refractivity contribution in [3.05, 3.63) is 65.5 Å².